The Morgan fingerprint density at radius 2 is 0.875 bits per heavy atom. The molecule has 0 aromatic heterocycles. The lowest BCUT2D eigenvalue weighted by atomic mass is 9.97. The summed E-state index contributed by atoms with van der Waals surface area (Å²) in [5.41, 5.74) is 0.298. The minimum Gasteiger partial charge on any atom is -0.417 e. The quantitative estimate of drug-likeness (QED) is 0.415. The van der Waals surface area contributed by atoms with Crippen LogP contribution in [0.25, 0.3) is 0 Å². The van der Waals surface area contributed by atoms with Gasteiger partial charge >= 0.3 is 11.9 Å². The number of esters is 2. The third-order valence-corrected chi connectivity index (χ3v) is 2.81. The van der Waals surface area contributed by atoms with Crippen LogP contribution >= 0.6 is 0 Å². The lowest BCUT2D eigenvalue weighted by Gasteiger charge is -2.17. The van der Waals surface area contributed by atoms with Gasteiger partial charge in [0.1, 0.15) is 0 Å². The smallest absolute Gasteiger partial charge is 0.317 e. The molecule has 0 aliphatic heterocycles. The highest BCUT2D eigenvalue weighted by atomic mass is 16.5. The number of carbonyl (C=O) groups is 2. The summed E-state index contributed by atoms with van der Waals surface area (Å²) in [5, 5.41) is 0. The van der Waals surface area contributed by atoms with Gasteiger partial charge in [-0.15, -0.1) is 0 Å². The fourth-order valence-electron chi connectivity index (χ4n) is 1.11. The number of allylic oxidation sites excluding steroid dienone is 4. The monoisotopic (exact) mass is 334 g/mol. The summed E-state index contributed by atoms with van der Waals surface area (Å²) in [6.07, 6.45) is 0. The number of carbonyl (C=O) groups excluding carboxylic acids is 2. The van der Waals surface area contributed by atoms with E-state index in [1.54, 1.807) is 41.5 Å². The van der Waals surface area contributed by atoms with Crippen molar-refractivity contribution in [1.82, 2.24) is 0 Å². The van der Waals surface area contributed by atoms with Crippen molar-refractivity contribution in [2.75, 3.05) is 0 Å². The second-order valence-electron chi connectivity index (χ2n) is 8.19. The summed E-state index contributed by atoms with van der Waals surface area (Å²) >= 11 is 0. The molecule has 0 aliphatic rings. The SMILES string of the molecule is CC(C)=C(C#CC(OC(=O)C(C)(C)C)=C(C)C)OC(=O)C(C)(C)C. The molecule has 0 unspecified atom stereocenters. The van der Waals surface area contributed by atoms with Crippen LogP contribution < -0.4 is 0 Å². The number of hydrogen-bond donors (Lipinski definition) is 0. The van der Waals surface area contributed by atoms with Gasteiger partial charge in [0.25, 0.3) is 0 Å². The van der Waals surface area contributed by atoms with Crippen molar-refractivity contribution in [3.05, 3.63) is 22.7 Å². The lowest BCUT2D eigenvalue weighted by molar-refractivity contribution is -0.148. The predicted octanol–water partition coefficient (Wildman–Crippen LogP) is 4.76. The Labute approximate surface area is 146 Å². The standard InChI is InChI=1S/C20H30O4/c1-13(2)15(23-17(21)19(5,6)7)11-12-16(14(3)4)24-18(22)20(8,9)10/h1-10H3. The van der Waals surface area contributed by atoms with E-state index in [0.717, 1.165) is 11.1 Å². The van der Waals surface area contributed by atoms with Crippen LogP contribution in [-0.2, 0) is 19.1 Å². The van der Waals surface area contributed by atoms with E-state index < -0.39 is 10.8 Å². The van der Waals surface area contributed by atoms with E-state index in [4.69, 9.17) is 9.47 Å². The molecule has 0 aromatic rings. The van der Waals surface area contributed by atoms with Crippen LogP contribution in [0.1, 0.15) is 69.2 Å². The summed E-state index contributed by atoms with van der Waals surface area (Å²) in [6.45, 7) is 17.9. The van der Waals surface area contributed by atoms with Gasteiger partial charge in [-0.05, 0) is 92.2 Å². The Bertz CT molecular complexity index is 561. The zero-order chi connectivity index (χ0) is 19.3. The summed E-state index contributed by atoms with van der Waals surface area (Å²) in [6, 6.07) is 0. The minimum absolute atomic E-state index is 0.278. The van der Waals surface area contributed by atoms with Crippen LogP contribution in [0.5, 0.6) is 0 Å². The first-order valence-corrected chi connectivity index (χ1v) is 7.97. The normalized spacial score (nSPS) is 10.9. The number of hydrogen-bond acceptors (Lipinski definition) is 4. The van der Waals surface area contributed by atoms with Crippen LogP contribution in [0.4, 0.5) is 0 Å². The van der Waals surface area contributed by atoms with Gasteiger partial charge in [-0.1, -0.05) is 0 Å². The van der Waals surface area contributed by atoms with Crippen molar-refractivity contribution < 1.29 is 19.1 Å². The molecule has 0 heterocycles. The van der Waals surface area contributed by atoms with Crippen molar-refractivity contribution in [3.63, 3.8) is 0 Å². The Kier molecular flexibility index (Phi) is 7.50. The Morgan fingerprint density at radius 3 is 1.04 bits per heavy atom. The van der Waals surface area contributed by atoms with Gasteiger partial charge in [-0.2, -0.15) is 0 Å². The summed E-state index contributed by atoms with van der Waals surface area (Å²) in [7, 11) is 0. The highest BCUT2D eigenvalue weighted by Gasteiger charge is 2.25. The van der Waals surface area contributed by atoms with Crippen LogP contribution in [-0.4, -0.2) is 11.9 Å². The first-order chi connectivity index (χ1) is 10.7. The fourth-order valence-corrected chi connectivity index (χ4v) is 1.11. The van der Waals surface area contributed by atoms with Gasteiger partial charge in [0, 0.05) is 0 Å². The molecular weight excluding hydrogens is 304 g/mol. The van der Waals surface area contributed by atoms with E-state index in [-0.39, 0.29) is 23.5 Å². The van der Waals surface area contributed by atoms with Gasteiger partial charge in [-0.25, -0.2) is 0 Å². The van der Waals surface area contributed by atoms with Crippen molar-refractivity contribution in [3.8, 4) is 11.8 Å². The molecule has 0 N–H and O–H groups in total. The molecule has 0 rings (SSSR count). The van der Waals surface area contributed by atoms with E-state index in [1.807, 2.05) is 27.7 Å². The Balaban J connectivity index is 5.52. The van der Waals surface area contributed by atoms with Crippen LogP contribution in [0.2, 0.25) is 0 Å². The molecule has 0 fully saturated rings. The zero-order valence-corrected chi connectivity index (χ0v) is 16.6. The molecule has 4 heteroatoms. The maximum absolute atomic E-state index is 12.0. The first-order valence-electron chi connectivity index (χ1n) is 7.97. The molecular formula is C20H30O4. The van der Waals surface area contributed by atoms with E-state index in [0.29, 0.717) is 0 Å². The molecule has 0 radical (unpaired) electrons. The highest BCUT2D eigenvalue weighted by Crippen LogP contribution is 2.20. The van der Waals surface area contributed by atoms with Crippen molar-refractivity contribution in [2.45, 2.75) is 69.2 Å². The molecule has 0 bridgehead atoms. The number of rotatable bonds is 2. The molecule has 24 heavy (non-hydrogen) atoms. The molecule has 0 saturated heterocycles. The van der Waals surface area contributed by atoms with Crippen molar-refractivity contribution in [2.24, 2.45) is 10.8 Å². The van der Waals surface area contributed by atoms with Gasteiger partial charge < -0.3 is 9.47 Å². The van der Waals surface area contributed by atoms with Crippen LogP contribution in [0.3, 0.4) is 0 Å². The molecule has 0 aromatic carbocycles. The van der Waals surface area contributed by atoms with E-state index in [2.05, 4.69) is 11.8 Å². The summed E-state index contributed by atoms with van der Waals surface area (Å²) in [5.74, 6) is 5.46. The van der Waals surface area contributed by atoms with E-state index in [9.17, 15) is 9.59 Å². The largest absolute Gasteiger partial charge is 0.417 e. The van der Waals surface area contributed by atoms with Gasteiger partial charge in [0.05, 0.1) is 10.8 Å². The summed E-state index contributed by atoms with van der Waals surface area (Å²) < 4.78 is 10.8. The Morgan fingerprint density at radius 1 is 0.625 bits per heavy atom. The molecule has 0 aliphatic carbocycles. The maximum atomic E-state index is 12.0. The molecule has 0 atom stereocenters. The van der Waals surface area contributed by atoms with Gasteiger partial charge in [0.2, 0.25) is 0 Å². The van der Waals surface area contributed by atoms with Crippen LogP contribution in [0, 0.1) is 22.7 Å². The lowest BCUT2D eigenvalue weighted by Crippen LogP contribution is -2.23. The second kappa shape index (κ2) is 8.19. The topological polar surface area (TPSA) is 52.6 Å². The average Bonchev–Trinajstić information content (AvgIpc) is 2.38. The molecule has 134 valence electrons. The van der Waals surface area contributed by atoms with Crippen LogP contribution in [0.15, 0.2) is 22.7 Å². The van der Waals surface area contributed by atoms with E-state index in [1.165, 1.54) is 0 Å². The molecule has 0 spiro atoms. The molecule has 0 saturated carbocycles. The third kappa shape index (κ3) is 7.50. The maximum Gasteiger partial charge on any atom is 0.317 e. The summed E-state index contributed by atoms with van der Waals surface area (Å²) in [4.78, 5) is 24.1. The highest BCUT2D eigenvalue weighted by molar-refractivity contribution is 5.78. The minimum atomic E-state index is -0.625. The first kappa shape index (κ1) is 22.0. The molecule has 4 nitrogen and oxygen atoms in total. The fraction of sp³-hybridized carbons (Fsp3) is 0.600. The van der Waals surface area contributed by atoms with Crippen molar-refractivity contribution >= 4 is 11.9 Å². The van der Waals surface area contributed by atoms with Gasteiger partial charge in [-0.3, -0.25) is 9.59 Å². The van der Waals surface area contributed by atoms with Crippen molar-refractivity contribution in [1.29, 1.82) is 0 Å². The Hall–Kier alpha value is -2.02. The number of ether oxygens (including phenoxy) is 2. The molecule has 0 amide bonds. The third-order valence-electron chi connectivity index (χ3n) is 2.81. The average molecular weight is 334 g/mol. The predicted molar refractivity (Wildman–Crippen MR) is 95.6 cm³/mol. The zero-order valence-electron chi connectivity index (χ0n) is 16.6. The van der Waals surface area contributed by atoms with Gasteiger partial charge in [0.15, 0.2) is 11.5 Å². The second-order valence-corrected chi connectivity index (χ2v) is 8.19. The van der Waals surface area contributed by atoms with E-state index >= 15 is 0 Å².